The smallest absolute Gasteiger partial charge is 0.224 e. The normalized spacial score (nSPS) is 16.1. The summed E-state index contributed by atoms with van der Waals surface area (Å²) in [6, 6.07) is 5.41. The predicted molar refractivity (Wildman–Crippen MR) is 107 cm³/mol. The molecule has 0 bridgehead atoms. The third kappa shape index (κ3) is 4.46. The van der Waals surface area contributed by atoms with Gasteiger partial charge >= 0.3 is 0 Å². The van der Waals surface area contributed by atoms with Crippen LogP contribution in [0, 0.1) is 25.2 Å². The minimum absolute atomic E-state index is 0.0408. The molecule has 0 radical (unpaired) electrons. The molecule has 2 N–H and O–H groups in total. The number of aryl methyl sites for hydroxylation is 1. The van der Waals surface area contributed by atoms with Crippen molar-refractivity contribution in [3.05, 3.63) is 52.6 Å². The largest absolute Gasteiger partial charge is 0.377 e. The van der Waals surface area contributed by atoms with Crippen LogP contribution in [0.15, 0.2) is 24.4 Å². The second-order valence-corrected chi connectivity index (χ2v) is 8.65. The molecule has 1 aliphatic carbocycles. The van der Waals surface area contributed by atoms with E-state index in [2.05, 4.69) is 49.4 Å². The number of halogens is 1. The molecular weight excluding hydrogens is 341 g/mol. The Bertz CT molecular complexity index is 853. The number of hydrogen-bond acceptors (Lipinski definition) is 3. The monoisotopic (exact) mass is 369 g/mol. The first kappa shape index (κ1) is 19.3. The Hall–Kier alpha value is -2.43. The van der Waals surface area contributed by atoms with Gasteiger partial charge in [-0.2, -0.15) is 4.39 Å². The van der Waals surface area contributed by atoms with E-state index in [-0.39, 0.29) is 17.4 Å². The molecule has 0 spiro atoms. The fourth-order valence-electron chi connectivity index (χ4n) is 3.81. The van der Waals surface area contributed by atoms with Gasteiger partial charge in [-0.15, -0.1) is 0 Å². The summed E-state index contributed by atoms with van der Waals surface area (Å²) in [5.74, 6) is -0.423. The van der Waals surface area contributed by atoms with Crippen molar-refractivity contribution in [2.45, 2.75) is 59.9 Å². The second kappa shape index (κ2) is 7.29. The lowest BCUT2D eigenvalue weighted by Gasteiger charge is -2.21. The molecule has 2 aromatic rings. The highest BCUT2D eigenvalue weighted by atomic mass is 19.1. The van der Waals surface area contributed by atoms with Gasteiger partial charge in [0.1, 0.15) is 0 Å². The Morgan fingerprint density at radius 2 is 2.04 bits per heavy atom. The molecule has 1 amide bonds. The van der Waals surface area contributed by atoms with Crippen molar-refractivity contribution in [3.63, 3.8) is 0 Å². The van der Waals surface area contributed by atoms with Gasteiger partial charge in [-0.25, -0.2) is 4.98 Å². The number of nitrogens with zero attached hydrogens (tertiary/aromatic N) is 1. The van der Waals surface area contributed by atoms with Crippen molar-refractivity contribution >= 4 is 17.3 Å². The summed E-state index contributed by atoms with van der Waals surface area (Å²) in [6.07, 6.45) is 3.93. The van der Waals surface area contributed by atoms with E-state index in [1.165, 1.54) is 23.4 Å². The number of carbonyl (C=O) groups is 1. The number of pyridine rings is 1. The van der Waals surface area contributed by atoms with Crippen LogP contribution < -0.4 is 10.6 Å². The Balaban J connectivity index is 1.82. The van der Waals surface area contributed by atoms with Crippen molar-refractivity contribution < 1.29 is 9.18 Å². The van der Waals surface area contributed by atoms with E-state index in [0.717, 1.165) is 35.3 Å². The molecule has 0 unspecified atom stereocenters. The highest BCUT2D eigenvalue weighted by Crippen LogP contribution is 2.40. The summed E-state index contributed by atoms with van der Waals surface area (Å²) < 4.78 is 13.0. The molecule has 0 saturated heterocycles. The summed E-state index contributed by atoms with van der Waals surface area (Å²) in [5, 5.41) is 6.58. The molecule has 5 heteroatoms. The van der Waals surface area contributed by atoms with Gasteiger partial charge in [0.2, 0.25) is 11.9 Å². The van der Waals surface area contributed by atoms with E-state index in [1.807, 2.05) is 6.92 Å². The van der Waals surface area contributed by atoms with Crippen molar-refractivity contribution in [2.75, 3.05) is 10.6 Å². The van der Waals surface area contributed by atoms with Crippen LogP contribution in [-0.4, -0.2) is 10.9 Å². The first-order chi connectivity index (χ1) is 12.6. The van der Waals surface area contributed by atoms with Crippen LogP contribution in [-0.2, 0) is 11.2 Å². The molecule has 1 heterocycles. The van der Waals surface area contributed by atoms with Gasteiger partial charge in [-0.05, 0) is 66.5 Å². The maximum atomic E-state index is 13.0. The fraction of sp³-hybridized carbons (Fsp3) is 0.455. The number of aromatic nitrogens is 1. The standard InChI is InChI=1S/C22H28FN3O/c1-13-10-17-16(14(2)21(13)26-20(27)11-22(3,4)5)7-8-18(17)25-15-6-9-19(23)24-12-15/h6,9-10,12,18,25H,7-8,11H2,1-5H3,(H,26,27)/t18-/m0/s1. The fourth-order valence-corrected chi connectivity index (χ4v) is 3.81. The lowest BCUT2D eigenvalue weighted by atomic mass is 9.91. The van der Waals surface area contributed by atoms with Crippen LogP contribution >= 0.6 is 0 Å². The van der Waals surface area contributed by atoms with Gasteiger partial charge in [-0.3, -0.25) is 4.79 Å². The first-order valence-corrected chi connectivity index (χ1v) is 9.45. The summed E-state index contributed by atoms with van der Waals surface area (Å²) >= 11 is 0. The van der Waals surface area contributed by atoms with Gasteiger partial charge in [0, 0.05) is 12.1 Å². The van der Waals surface area contributed by atoms with E-state index < -0.39 is 5.95 Å². The minimum Gasteiger partial charge on any atom is -0.377 e. The van der Waals surface area contributed by atoms with Crippen LogP contribution in [0.25, 0.3) is 0 Å². The number of hydrogen-bond donors (Lipinski definition) is 2. The van der Waals surface area contributed by atoms with Gasteiger partial charge in [0.15, 0.2) is 0 Å². The molecule has 1 aliphatic rings. The van der Waals surface area contributed by atoms with Crippen LogP contribution in [0.3, 0.4) is 0 Å². The van der Waals surface area contributed by atoms with Crippen LogP contribution in [0.4, 0.5) is 15.8 Å². The first-order valence-electron chi connectivity index (χ1n) is 9.45. The van der Waals surface area contributed by atoms with Crippen LogP contribution in [0.5, 0.6) is 0 Å². The van der Waals surface area contributed by atoms with Crippen LogP contribution in [0.2, 0.25) is 0 Å². The lowest BCUT2D eigenvalue weighted by molar-refractivity contribution is -0.117. The molecule has 1 aromatic carbocycles. The molecule has 27 heavy (non-hydrogen) atoms. The Morgan fingerprint density at radius 1 is 1.30 bits per heavy atom. The number of nitrogens with one attached hydrogen (secondary N) is 2. The maximum absolute atomic E-state index is 13.0. The van der Waals surface area contributed by atoms with Crippen LogP contribution in [0.1, 0.15) is 61.9 Å². The zero-order valence-corrected chi connectivity index (χ0v) is 16.7. The van der Waals surface area contributed by atoms with Crippen molar-refractivity contribution in [2.24, 2.45) is 5.41 Å². The average molecular weight is 369 g/mol. The molecule has 144 valence electrons. The van der Waals surface area contributed by atoms with E-state index in [9.17, 15) is 9.18 Å². The molecule has 1 atom stereocenters. The summed E-state index contributed by atoms with van der Waals surface area (Å²) in [5.41, 5.74) is 6.47. The van der Waals surface area contributed by atoms with E-state index in [4.69, 9.17) is 0 Å². The van der Waals surface area contributed by atoms with E-state index in [1.54, 1.807) is 6.07 Å². The second-order valence-electron chi connectivity index (χ2n) is 8.65. The summed E-state index contributed by atoms with van der Waals surface area (Å²) in [6.45, 7) is 10.3. The molecule has 0 fully saturated rings. The zero-order valence-electron chi connectivity index (χ0n) is 16.7. The molecular formula is C22H28FN3O. The topological polar surface area (TPSA) is 54.0 Å². The number of anilines is 2. The van der Waals surface area contributed by atoms with E-state index >= 15 is 0 Å². The van der Waals surface area contributed by atoms with Crippen molar-refractivity contribution in [1.82, 2.24) is 4.98 Å². The minimum atomic E-state index is -0.477. The van der Waals surface area contributed by atoms with E-state index in [0.29, 0.717) is 6.42 Å². The molecule has 0 saturated carbocycles. The van der Waals surface area contributed by atoms with Gasteiger partial charge < -0.3 is 10.6 Å². The Morgan fingerprint density at radius 3 is 2.67 bits per heavy atom. The zero-order chi connectivity index (χ0) is 19.8. The third-order valence-electron chi connectivity index (χ3n) is 5.02. The molecule has 0 aliphatic heterocycles. The molecule has 1 aromatic heterocycles. The average Bonchev–Trinajstić information content (AvgIpc) is 2.95. The third-order valence-corrected chi connectivity index (χ3v) is 5.02. The SMILES string of the molecule is Cc1cc2c(c(C)c1NC(=O)CC(C)(C)C)CC[C@@H]2Nc1ccc(F)nc1. The summed E-state index contributed by atoms with van der Waals surface area (Å²) in [7, 11) is 0. The molecule has 4 nitrogen and oxygen atoms in total. The van der Waals surface area contributed by atoms with Gasteiger partial charge in [0.05, 0.1) is 17.9 Å². The highest BCUT2D eigenvalue weighted by Gasteiger charge is 2.27. The van der Waals surface area contributed by atoms with Gasteiger partial charge in [0.25, 0.3) is 0 Å². The van der Waals surface area contributed by atoms with Gasteiger partial charge in [-0.1, -0.05) is 26.8 Å². The summed E-state index contributed by atoms with van der Waals surface area (Å²) in [4.78, 5) is 16.1. The Labute approximate surface area is 160 Å². The quantitative estimate of drug-likeness (QED) is 0.718. The number of rotatable bonds is 4. The van der Waals surface area contributed by atoms with Crippen molar-refractivity contribution in [1.29, 1.82) is 0 Å². The Kier molecular flexibility index (Phi) is 5.22. The number of fused-ring (bicyclic) bond motifs is 1. The number of carbonyl (C=O) groups excluding carboxylic acids is 1. The lowest BCUT2D eigenvalue weighted by Crippen LogP contribution is -2.21. The number of amides is 1. The number of benzene rings is 1. The van der Waals surface area contributed by atoms with Crippen molar-refractivity contribution in [3.8, 4) is 0 Å². The maximum Gasteiger partial charge on any atom is 0.224 e. The predicted octanol–water partition coefficient (Wildman–Crippen LogP) is 5.31. The highest BCUT2D eigenvalue weighted by molar-refractivity contribution is 5.93. The molecule has 3 rings (SSSR count).